The van der Waals surface area contributed by atoms with Crippen molar-refractivity contribution < 1.29 is 9.53 Å². The molecule has 1 aliphatic heterocycles. The molecule has 0 aromatic carbocycles. The largest absolute Gasteiger partial charge is 0.444 e. The van der Waals surface area contributed by atoms with E-state index >= 15 is 0 Å². The van der Waals surface area contributed by atoms with Gasteiger partial charge in [0.2, 0.25) is 0 Å². The lowest BCUT2D eigenvalue weighted by atomic mass is 10.0. The Balaban J connectivity index is 1.59. The molecular formula is C14H26N2O2. The van der Waals surface area contributed by atoms with Gasteiger partial charge in [0.25, 0.3) is 0 Å². The number of nitrogens with one attached hydrogen (secondary N) is 1. The summed E-state index contributed by atoms with van der Waals surface area (Å²) in [6, 6.07) is 0.457. The highest BCUT2D eigenvalue weighted by Gasteiger charge is 2.34. The summed E-state index contributed by atoms with van der Waals surface area (Å²) in [6.45, 7) is 10.7. The molecule has 18 heavy (non-hydrogen) atoms. The zero-order valence-electron chi connectivity index (χ0n) is 12.0. The average Bonchev–Trinajstić information content (AvgIpc) is 2.94. The van der Waals surface area contributed by atoms with Crippen LogP contribution in [0.2, 0.25) is 0 Å². The summed E-state index contributed by atoms with van der Waals surface area (Å²) in [5.41, 5.74) is -0.393. The van der Waals surface area contributed by atoms with Crippen molar-refractivity contribution >= 4 is 6.09 Å². The first-order chi connectivity index (χ1) is 8.35. The second-order valence-electron chi connectivity index (χ2n) is 6.81. The van der Waals surface area contributed by atoms with Gasteiger partial charge in [0.1, 0.15) is 5.60 Å². The van der Waals surface area contributed by atoms with Crippen molar-refractivity contribution in [1.29, 1.82) is 0 Å². The molecule has 4 nitrogen and oxygen atoms in total. The summed E-state index contributed by atoms with van der Waals surface area (Å²) in [5.74, 6) is 1.72. The van der Waals surface area contributed by atoms with E-state index in [0.717, 1.165) is 31.5 Å². The molecule has 1 unspecified atom stereocenters. The zero-order chi connectivity index (χ0) is 13.3. The van der Waals surface area contributed by atoms with Crippen LogP contribution < -0.4 is 5.32 Å². The van der Waals surface area contributed by atoms with Gasteiger partial charge in [-0.25, -0.2) is 4.79 Å². The van der Waals surface area contributed by atoms with Crippen LogP contribution in [0.4, 0.5) is 4.79 Å². The quantitative estimate of drug-likeness (QED) is 0.836. The Morgan fingerprint density at radius 2 is 2.00 bits per heavy atom. The average molecular weight is 254 g/mol. The van der Waals surface area contributed by atoms with Crippen LogP contribution in [-0.2, 0) is 4.74 Å². The highest BCUT2D eigenvalue weighted by molar-refractivity contribution is 5.69. The summed E-state index contributed by atoms with van der Waals surface area (Å²) in [7, 11) is 0. The predicted octanol–water partition coefficient (Wildman–Crippen LogP) is 2.24. The van der Waals surface area contributed by atoms with Gasteiger partial charge in [0.15, 0.2) is 0 Å². The molecule has 1 heterocycles. The molecule has 2 fully saturated rings. The van der Waals surface area contributed by atoms with Crippen molar-refractivity contribution in [3.63, 3.8) is 0 Å². The lowest BCUT2D eigenvalue weighted by Crippen LogP contribution is -2.61. The van der Waals surface area contributed by atoms with Crippen LogP contribution in [-0.4, -0.2) is 42.3 Å². The van der Waals surface area contributed by atoms with Crippen LogP contribution in [0.1, 0.15) is 40.5 Å². The number of ether oxygens (including phenoxy) is 1. The maximum absolute atomic E-state index is 11.7. The molecule has 2 aliphatic rings. The number of amides is 1. The minimum Gasteiger partial charge on any atom is -0.444 e. The van der Waals surface area contributed by atoms with Gasteiger partial charge in [0.05, 0.1) is 0 Å². The molecule has 0 aromatic heterocycles. The molecule has 4 heteroatoms. The molecule has 1 N–H and O–H groups in total. The van der Waals surface area contributed by atoms with Crippen LogP contribution in [0.3, 0.4) is 0 Å². The Kier molecular flexibility index (Phi) is 3.85. The van der Waals surface area contributed by atoms with Crippen LogP contribution in [0.25, 0.3) is 0 Å². The molecular weight excluding hydrogens is 228 g/mol. The Morgan fingerprint density at radius 1 is 1.39 bits per heavy atom. The van der Waals surface area contributed by atoms with E-state index in [9.17, 15) is 4.79 Å². The van der Waals surface area contributed by atoms with E-state index in [1.54, 1.807) is 4.90 Å². The van der Waals surface area contributed by atoms with Crippen molar-refractivity contribution in [1.82, 2.24) is 10.2 Å². The van der Waals surface area contributed by atoms with E-state index in [1.165, 1.54) is 12.8 Å². The Morgan fingerprint density at radius 3 is 2.50 bits per heavy atom. The summed E-state index contributed by atoms with van der Waals surface area (Å²) in [5, 5.41) is 3.54. The molecule has 1 amide bonds. The molecule has 104 valence electrons. The number of hydrogen-bond acceptors (Lipinski definition) is 3. The number of rotatable bonds is 4. The van der Waals surface area contributed by atoms with Crippen LogP contribution in [0.15, 0.2) is 0 Å². The fourth-order valence-corrected chi connectivity index (χ4v) is 2.27. The van der Waals surface area contributed by atoms with Gasteiger partial charge < -0.3 is 15.0 Å². The van der Waals surface area contributed by atoms with Gasteiger partial charge in [0, 0.05) is 19.1 Å². The Hall–Kier alpha value is -0.770. The van der Waals surface area contributed by atoms with E-state index in [-0.39, 0.29) is 6.09 Å². The third-order valence-electron chi connectivity index (χ3n) is 3.69. The Bertz CT molecular complexity index is 301. The second kappa shape index (κ2) is 5.08. The first-order valence-electron chi connectivity index (χ1n) is 7.06. The molecule has 1 saturated heterocycles. The van der Waals surface area contributed by atoms with Crippen molar-refractivity contribution in [2.75, 3.05) is 19.6 Å². The standard InChI is InChI=1S/C14H26N2O2/c1-10(11-5-6-11)7-15-12-8-16(9-12)13(17)18-14(2,3)4/h10-12,15H,5-9H2,1-4H3. The van der Waals surface area contributed by atoms with Crippen LogP contribution in [0, 0.1) is 11.8 Å². The van der Waals surface area contributed by atoms with Crippen LogP contribution >= 0.6 is 0 Å². The third kappa shape index (κ3) is 3.87. The topological polar surface area (TPSA) is 41.6 Å². The summed E-state index contributed by atoms with van der Waals surface area (Å²) in [6.07, 6.45) is 2.62. The molecule has 0 aromatic rings. The van der Waals surface area contributed by atoms with E-state index in [0.29, 0.717) is 6.04 Å². The van der Waals surface area contributed by atoms with Gasteiger partial charge in [-0.05, 0) is 52.0 Å². The molecule has 0 radical (unpaired) electrons. The number of nitrogens with zero attached hydrogens (tertiary/aromatic N) is 1. The summed E-state index contributed by atoms with van der Waals surface area (Å²) >= 11 is 0. The first kappa shape index (κ1) is 13.7. The van der Waals surface area contributed by atoms with Crippen molar-refractivity contribution in [3.05, 3.63) is 0 Å². The smallest absolute Gasteiger partial charge is 0.410 e. The predicted molar refractivity (Wildman–Crippen MR) is 71.5 cm³/mol. The number of carbonyl (C=O) groups excluding carboxylic acids is 1. The van der Waals surface area contributed by atoms with Gasteiger partial charge in [-0.3, -0.25) is 0 Å². The molecule has 2 rings (SSSR count). The maximum atomic E-state index is 11.7. The normalized spacial score (nSPS) is 22.6. The van der Waals surface area contributed by atoms with Crippen molar-refractivity contribution in [2.45, 2.75) is 52.2 Å². The van der Waals surface area contributed by atoms with E-state index in [4.69, 9.17) is 4.74 Å². The van der Waals surface area contributed by atoms with Gasteiger partial charge in [-0.1, -0.05) is 6.92 Å². The van der Waals surface area contributed by atoms with Crippen molar-refractivity contribution in [2.24, 2.45) is 11.8 Å². The van der Waals surface area contributed by atoms with E-state index in [2.05, 4.69) is 12.2 Å². The highest BCUT2D eigenvalue weighted by atomic mass is 16.6. The fraction of sp³-hybridized carbons (Fsp3) is 0.929. The van der Waals surface area contributed by atoms with Gasteiger partial charge in [-0.2, -0.15) is 0 Å². The number of likely N-dealkylation sites (tertiary alicyclic amines) is 1. The van der Waals surface area contributed by atoms with Crippen molar-refractivity contribution in [3.8, 4) is 0 Å². The fourth-order valence-electron chi connectivity index (χ4n) is 2.27. The third-order valence-corrected chi connectivity index (χ3v) is 3.69. The highest BCUT2D eigenvalue weighted by Crippen LogP contribution is 2.36. The molecule has 0 bridgehead atoms. The van der Waals surface area contributed by atoms with Crippen LogP contribution in [0.5, 0.6) is 0 Å². The Labute approximate surface area is 110 Å². The number of hydrogen-bond donors (Lipinski definition) is 1. The summed E-state index contributed by atoms with van der Waals surface area (Å²) < 4.78 is 5.32. The van der Waals surface area contributed by atoms with E-state index < -0.39 is 5.60 Å². The first-order valence-corrected chi connectivity index (χ1v) is 7.06. The van der Waals surface area contributed by atoms with Gasteiger partial charge >= 0.3 is 6.09 Å². The molecule has 1 atom stereocenters. The maximum Gasteiger partial charge on any atom is 0.410 e. The lowest BCUT2D eigenvalue weighted by Gasteiger charge is -2.40. The van der Waals surface area contributed by atoms with E-state index in [1.807, 2.05) is 20.8 Å². The second-order valence-corrected chi connectivity index (χ2v) is 6.81. The minimum absolute atomic E-state index is 0.184. The zero-order valence-corrected chi connectivity index (χ0v) is 12.0. The molecule has 0 spiro atoms. The summed E-state index contributed by atoms with van der Waals surface area (Å²) in [4.78, 5) is 13.5. The lowest BCUT2D eigenvalue weighted by molar-refractivity contribution is 0.00500. The van der Waals surface area contributed by atoms with Gasteiger partial charge in [-0.15, -0.1) is 0 Å². The minimum atomic E-state index is -0.393. The SMILES string of the molecule is CC(CNC1CN(C(=O)OC(C)(C)C)C1)C1CC1. The number of carbonyl (C=O) groups is 1. The molecule has 1 saturated carbocycles. The molecule has 1 aliphatic carbocycles. The monoisotopic (exact) mass is 254 g/mol.